The van der Waals surface area contributed by atoms with Crippen LogP contribution in [0.15, 0.2) is 34.9 Å². The molecule has 0 bridgehead atoms. The van der Waals surface area contributed by atoms with Gasteiger partial charge in [0, 0.05) is 16.2 Å². The zero-order chi connectivity index (χ0) is 13.6. The van der Waals surface area contributed by atoms with E-state index in [1.807, 2.05) is 6.07 Å². The number of nitrogen functional groups attached to an aromatic ring is 1. The van der Waals surface area contributed by atoms with E-state index in [0.29, 0.717) is 22.4 Å². The predicted molar refractivity (Wildman–Crippen MR) is 75.7 cm³/mol. The maximum Gasteiger partial charge on any atom is 0.207 e. The summed E-state index contributed by atoms with van der Waals surface area (Å²) < 4.78 is 16.1. The van der Waals surface area contributed by atoms with Crippen molar-refractivity contribution >= 4 is 33.0 Å². The van der Waals surface area contributed by atoms with Crippen LogP contribution in [-0.4, -0.2) is 14.5 Å². The molecule has 0 spiro atoms. The van der Waals surface area contributed by atoms with E-state index < -0.39 is 0 Å². The fraction of sp³-hybridized carbons (Fsp3) is 0.0769. The first-order chi connectivity index (χ1) is 9.08. The van der Waals surface area contributed by atoms with Crippen LogP contribution < -0.4 is 5.73 Å². The van der Waals surface area contributed by atoms with Crippen LogP contribution in [-0.2, 0) is 0 Å². The number of hydrogen-bond acceptors (Lipinski definition) is 3. The van der Waals surface area contributed by atoms with Gasteiger partial charge >= 0.3 is 0 Å². The third kappa shape index (κ3) is 1.88. The topological polar surface area (TPSA) is 56.7 Å². The first-order valence-electron chi connectivity index (χ1n) is 5.63. The SMILES string of the molecule is Cc1c(F)cccc1-n1c(N)nc2cc(Br)cnc21. The number of aromatic nitrogens is 3. The molecule has 2 aromatic heterocycles. The summed E-state index contributed by atoms with van der Waals surface area (Å²) in [7, 11) is 0. The normalized spacial score (nSPS) is 11.1. The van der Waals surface area contributed by atoms with Crippen molar-refractivity contribution in [3.8, 4) is 5.69 Å². The average molecular weight is 321 g/mol. The molecule has 19 heavy (non-hydrogen) atoms. The molecule has 96 valence electrons. The third-order valence-electron chi connectivity index (χ3n) is 2.97. The van der Waals surface area contributed by atoms with Crippen LogP contribution in [0, 0.1) is 12.7 Å². The summed E-state index contributed by atoms with van der Waals surface area (Å²) in [5.41, 5.74) is 8.36. The Kier molecular flexibility index (Phi) is 2.74. The summed E-state index contributed by atoms with van der Waals surface area (Å²) in [6.45, 7) is 1.70. The second kappa shape index (κ2) is 4.31. The highest BCUT2D eigenvalue weighted by molar-refractivity contribution is 9.10. The van der Waals surface area contributed by atoms with Crippen molar-refractivity contribution in [1.82, 2.24) is 14.5 Å². The zero-order valence-corrected chi connectivity index (χ0v) is 11.6. The number of fused-ring (bicyclic) bond motifs is 1. The van der Waals surface area contributed by atoms with Gasteiger partial charge in [-0.05, 0) is 41.1 Å². The molecule has 0 aliphatic heterocycles. The van der Waals surface area contributed by atoms with E-state index in [1.54, 1.807) is 29.8 Å². The quantitative estimate of drug-likeness (QED) is 0.749. The Balaban J connectivity index is 2.36. The number of nitrogens with zero attached hydrogens (tertiary/aromatic N) is 3. The smallest absolute Gasteiger partial charge is 0.207 e. The van der Waals surface area contributed by atoms with Crippen molar-refractivity contribution in [2.75, 3.05) is 5.73 Å². The first kappa shape index (κ1) is 12.1. The molecule has 0 aliphatic rings. The molecule has 0 amide bonds. The molecule has 2 N–H and O–H groups in total. The standard InChI is InChI=1S/C13H10BrFN4/c1-7-9(15)3-2-4-11(7)19-12-10(18-13(19)16)5-8(14)6-17-12/h2-6H,1H3,(H2,16,18). The number of nitrogens with two attached hydrogens (primary N) is 1. The van der Waals surface area contributed by atoms with Crippen molar-refractivity contribution in [1.29, 1.82) is 0 Å². The van der Waals surface area contributed by atoms with Gasteiger partial charge in [-0.1, -0.05) is 6.07 Å². The van der Waals surface area contributed by atoms with Gasteiger partial charge in [0.1, 0.15) is 11.3 Å². The van der Waals surface area contributed by atoms with Gasteiger partial charge in [0.15, 0.2) is 5.65 Å². The van der Waals surface area contributed by atoms with Crippen LogP contribution in [0.25, 0.3) is 16.9 Å². The number of halogens is 2. The second-order valence-electron chi connectivity index (χ2n) is 4.19. The maximum absolute atomic E-state index is 13.7. The van der Waals surface area contributed by atoms with Crippen molar-refractivity contribution < 1.29 is 4.39 Å². The summed E-state index contributed by atoms with van der Waals surface area (Å²) in [5, 5.41) is 0. The molecule has 0 atom stereocenters. The number of rotatable bonds is 1. The number of anilines is 1. The number of hydrogen-bond donors (Lipinski definition) is 1. The van der Waals surface area contributed by atoms with E-state index in [4.69, 9.17) is 5.73 Å². The average Bonchev–Trinajstić information content (AvgIpc) is 2.68. The lowest BCUT2D eigenvalue weighted by atomic mass is 10.2. The van der Waals surface area contributed by atoms with Gasteiger partial charge in [-0.25, -0.2) is 14.4 Å². The van der Waals surface area contributed by atoms with E-state index in [0.717, 1.165) is 4.47 Å². The molecule has 0 saturated heterocycles. The van der Waals surface area contributed by atoms with Gasteiger partial charge in [0.05, 0.1) is 5.69 Å². The number of imidazole rings is 1. The molecule has 0 unspecified atom stereocenters. The molecule has 3 rings (SSSR count). The van der Waals surface area contributed by atoms with E-state index in [1.165, 1.54) is 6.07 Å². The van der Waals surface area contributed by atoms with Crippen LogP contribution in [0.4, 0.5) is 10.3 Å². The largest absolute Gasteiger partial charge is 0.369 e. The highest BCUT2D eigenvalue weighted by Crippen LogP contribution is 2.26. The highest BCUT2D eigenvalue weighted by atomic mass is 79.9. The minimum atomic E-state index is -0.282. The van der Waals surface area contributed by atoms with Gasteiger partial charge in [0.25, 0.3) is 0 Å². The molecule has 0 fully saturated rings. The lowest BCUT2D eigenvalue weighted by Gasteiger charge is -2.09. The minimum Gasteiger partial charge on any atom is -0.369 e. The molecular weight excluding hydrogens is 311 g/mol. The van der Waals surface area contributed by atoms with Gasteiger partial charge in [-0.15, -0.1) is 0 Å². The Bertz CT molecular complexity index is 782. The van der Waals surface area contributed by atoms with Crippen LogP contribution in [0.3, 0.4) is 0 Å². The molecule has 0 aliphatic carbocycles. The third-order valence-corrected chi connectivity index (χ3v) is 3.40. The molecule has 6 heteroatoms. The highest BCUT2D eigenvalue weighted by Gasteiger charge is 2.14. The molecule has 4 nitrogen and oxygen atoms in total. The minimum absolute atomic E-state index is 0.282. The Hall–Kier alpha value is -1.95. The lowest BCUT2D eigenvalue weighted by Crippen LogP contribution is -2.04. The van der Waals surface area contributed by atoms with E-state index in [9.17, 15) is 4.39 Å². The molecule has 0 radical (unpaired) electrons. The summed E-state index contributed by atoms with van der Waals surface area (Å²) in [5.74, 6) is 0.00478. The van der Waals surface area contributed by atoms with Crippen LogP contribution in [0.5, 0.6) is 0 Å². The summed E-state index contributed by atoms with van der Waals surface area (Å²) in [6.07, 6.45) is 1.66. The first-order valence-corrected chi connectivity index (χ1v) is 6.42. The number of benzene rings is 1. The van der Waals surface area contributed by atoms with E-state index >= 15 is 0 Å². The predicted octanol–water partition coefficient (Wildman–Crippen LogP) is 3.21. The van der Waals surface area contributed by atoms with Gasteiger partial charge in [-0.2, -0.15) is 0 Å². The molecule has 1 aromatic carbocycles. The fourth-order valence-corrected chi connectivity index (χ4v) is 2.35. The summed E-state index contributed by atoms with van der Waals surface area (Å²) in [6, 6.07) is 6.67. The van der Waals surface area contributed by atoms with Gasteiger partial charge in [0.2, 0.25) is 5.95 Å². The monoisotopic (exact) mass is 320 g/mol. The summed E-state index contributed by atoms with van der Waals surface area (Å²) in [4.78, 5) is 8.55. The van der Waals surface area contributed by atoms with E-state index in [-0.39, 0.29) is 11.8 Å². The zero-order valence-electron chi connectivity index (χ0n) is 10.1. The number of pyridine rings is 1. The van der Waals surface area contributed by atoms with Gasteiger partial charge < -0.3 is 5.73 Å². The van der Waals surface area contributed by atoms with Gasteiger partial charge in [-0.3, -0.25) is 4.57 Å². The fourth-order valence-electron chi connectivity index (χ4n) is 2.03. The van der Waals surface area contributed by atoms with E-state index in [2.05, 4.69) is 25.9 Å². The second-order valence-corrected chi connectivity index (χ2v) is 5.10. The molecular formula is C13H10BrFN4. The van der Waals surface area contributed by atoms with Crippen molar-refractivity contribution in [3.63, 3.8) is 0 Å². The van der Waals surface area contributed by atoms with Crippen LogP contribution in [0.1, 0.15) is 5.56 Å². The van der Waals surface area contributed by atoms with Crippen LogP contribution in [0.2, 0.25) is 0 Å². The summed E-state index contributed by atoms with van der Waals surface area (Å²) >= 11 is 3.34. The van der Waals surface area contributed by atoms with Crippen LogP contribution >= 0.6 is 15.9 Å². The van der Waals surface area contributed by atoms with Crippen molar-refractivity contribution in [2.45, 2.75) is 6.92 Å². The molecule has 3 aromatic rings. The van der Waals surface area contributed by atoms with Crippen molar-refractivity contribution in [2.24, 2.45) is 0 Å². The Morgan fingerprint density at radius 1 is 1.37 bits per heavy atom. The van der Waals surface area contributed by atoms with Crippen molar-refractivity contribution in [3.05, 3.63) is 46.3 Å². The lowest BCUT2D eigenvalue weighted by molar-refractivity contribution is 0.617. The molecule has 0 saturated carbocycles. The Morgan fingerprint density at radius 2 is 2.16 bits per heavy atom. The maximum atomic E-state index is 13.7. The molecule has 2 heterocycles. The Morgan fingerprint density at radius 3 is 2.95 bits per heavy atom. The Labute approximate surface area is 117 Å².